The molecule has 34 heavy (non-hydrogen) atoms. The largest absolute Gasteiger partial charge is 0.377 e. The Hall–Kier alpha value is -2.57. The van der Waals surface area contributed by atoms with Gasteiger partial charge >= 0.3 is 0 Å². The van der Waals surface area contributed by atoms with E-state index in [1.165, 1.54) is 16.8 Å². The van der Waals surface area contributed by atoms with E-state index in [1.807, 2.05) is 13.0 Å². The Morgan fingerprint density at radius 3 is 2.53 bits per heavy atom. The molecular weight excluding hydrogens is 418 g/mol. The predicted octanol–water partition coefficient (Wildman–Crippen LogP) is 6.07. The fraction of sp³-hybridized carbons (Fsp3) is 0.516. The van der Waals surface area contributed by atoms with E-state index in [0.717, 1.165) is 38.5 Å². The van der Waals surface area contributed by atoms with Crippen LogP contribution in [-0.2, 0) is 4.79 Å². The van der Waals surface area contributed by atoms with Crippen LogP contribution in [0.5, 0.6) is 0 Å². The first-order chi connectivity index (χ1) is 16.4. The number of carbonyl (C=O) groups is 1. The fourth-order valence-corrected chi connectivity index (χ4v) is 8.47. The van der Waals surface area contributed by atoms with Gasteiger partial charge in [0.25, 0.3) is 0 Å². The molecule has 3 nitrogen and oxygen atoms in total. The van der Waals surface area contributed by atoms with Gasteiger partial charge in [0.05, 0.1) is 0 Å². The van der Waals surface area contributed by atoms with Gasteiger partial charge in [-0.25, -0.2) is 0 Å². The average Bonchev–Trinajstić information content (AvgIpc) is 3.46. The molecule has 0 bridgehead atoms. The van der Waals surface area contributed by atoms with E-state index in [2.05, 4.69) is 72.1 Å². The molecule has 2 aromatic rings. The van der Waals surface area contributed by atoms with Crippen molar-refractivity contribution < 1.29 is 9.90 Å². The highest BCUT2D eigenvalue weighted by Crippen LogP contribution is 2.68. The van der Waals surface area contributed by atoms with Crippen molar-refractivity contribution in [2.45, 2.75) is 70.3 Å². The Kier molecular flexibility index (Phi) is 5.15. The van der Waals surface area contributed by atoms with Gasteiger partial charge in [-0.05, 0) is 111 Å². The van der Waals surface area contributed by atoms with E-state index in [9.17, 15) is 9.90 Å². The van der Waals surface area contributed by atoms with Gasteiger partial charge in [-0.15, -0.1) is 5.92 Å². The number of nitrogens with zero attached hydrogens (tertiary/aromatic N) is 1. The smallest absolute Gasteiger partial charge is 0.155 e. The SMILES string of the molecule is CC#C[C@]1(O)CC[C@H]2[C@@H]3CCC4=CC(=O)CC[C@@H]4[C@H]3[C@@H](c3ccc(-n4cccc4)cc3)C[C@@]21C. The van der Waals surface area contributed by atoms with Gasteiger partial charge in [-0.3, -0.25) is 4.79 Å². The molecule has 1 aromatic carbocycles. The highest BCUT2D eigenvalue weighted by Gasteiger charge is 2.64. The molecule has 1 aromatic heterocycles. The summed E-state index contributed by atoms with van der Waals surface area (Å²) in [5.74, 6) is 9.13. The van der Waals surface area contributed by atoms with Crippen molar-refractivity contribution in [2.75, 3.05) is 0 Å². The van der Waals surface area contributed by atoms with Crippen molar-refractivity contribution in [3.05, 3.63) is 66.0 Å². The lowest BCUT2D eigenvalue weighted by molar-refractivity contribution is -0.117. The molecule has 0 amide bonds. The first-order valence-corrected chi connectivity index (χ1v) is 13.1. The number of aliphatic hydroxyl groups is 1. The topological polar surface area (TPSA) is 42.2 Å². The number of carbonyl (C=O) groups excluding carboxylic acids is 1. The molecule has 7 atom stereocenters. The zero-order valence-corrected chi connectivity index (χ0v) is 20.3. The number of allylic oxidation sites excluding steroid dienone is 1. The van der Waals surface area contributed by atoms with Gasteiger partial charge < -0.3 is 9.67 Å². The van der Waals surface area contributed by atoms with Gasteiger partial charge in [0.1, 0.15) is 5.60 Å². The van der Waals surface area contributed by atoms with Gasteiger partial charge in [0.2, 0.25) is 0 Å². The number of benzene rings is 1. The van der Waals surface area contributed by atoms with Crippen LogP contribution in [0.1, 0.15) is 70.3 Å². The lowest BCUT2D eigenvalue weighted by Gasteiger charge is -2.58. The second-order valence-electron chi connectivity index (χ2n) is 11.4. The number of rotatable bonds is 2. The van der Waals surface area contributed by atoms with Crippen LogP contribution < -0.4 is 0 Å². The maximum atomic E-state index is 12.2. The quantitative estimate of drug-likeness (QED) is 0.561. The summed E-state index contributed by atoms with van der Waals surface area (Å²) in [6.07, 6.45) is 12.8. The standard InChI is InChI=1S/C31H35NO2/c1-3-15-31(34)16-14-28-26-12-8-22-19-24(33)11-13-25(22)29(26)27(20-30(28,31)2)21-6-9-23(10-7-21)32-17-4-5-18-32/h4-7,9-10,17-19,25-29,34H,8,11-14,16,20H2,1-2H3/t25-,26-,27+,28-,29+,30-,31-/m0/s1. The summed E-state index contributed by atoms with van der Waals surface area (Å²) in [5, 5.41) is 11.8. The van der Waals surface area contributed by atoms with Crippen LogP contribution in [0.15, 0.2) is 60.4 Å². The first-order valence-electron chi connectivity index (χ1n) is 13.1. The number of hydrogen-bond acceptors (Lipinski definition) is 2. The zero-order chi connectivity index (χ0) is 23.5. The van der Waals surface area contributed by atoms with E-state index in [0.29, 0.717) is 41.8 Å². The third-order valence-corrected chi connectivity index (χ3v) is 10.0. The Morgan fingerprint density at radius 2 is 1.79 bits per heavy atom. The maximum absolute atomic E-state index is 12.2. The summed E-state index contributed by atoms with van der Waals surface area (Å²) in [4.78, 5) is 12.2. The normalized spacial score (nSPS) is 38.7. The Balaban J connectivity index is 1.44. The summed E-state index contributed by atoms with van der Waals surface area (Å²) in [6.45, 7) is 4.18. The summed E-state index contributed by atoms with van der Waals surface area (Å²) in [5.41, 5.74) is 2.84. The average molecular weight is 454 g/mol. The number of aromatic nitrogens is 1. The molecular formula is C31H35NO2. The van der Waals surface area contributed by atoms with E-state index >= 15 is 0 Å². The summed E-state index contributed by atoms with van der Waals surface area (Å²) in [7, 11) is 0. The Morgan fingerprint density at radius 1 is 1.03 bits per heavy atom. The van der Waals surface area contributed by atoms with Crippen LogP contribution in [0.25, 0.3) is 5.69 Å². The molecule has 0 unspecified atom stereocenters. The molecule has 0 aliphatic heterocycles. The Labute approximate surface area is 203 Å². The minimum atomic E-state index is -0.903. The third-order valence-electron chi connectivity index (χ3n) is 10.0. The first kappa shape index (κ1) is 21.9. The third kappa shape index (κ3) is 3.18. The number of hydrogen-bond donors (Lipinski definition) is 1. The minimum Gasteiger partial charge on any atom is -0.377 e. The van der Waals surface area contributed by atoms with E-state index in [-0.39, 0.29) is 5.41 Å². The highest BCUT2D eigenvalue weighted by molar-refractivity contribution is 5.91. The molecule has 0 spiro atoms. The second-order valence-corrected chi connectivity index (χ2v) is 11.4. The van der Waals surface area contributed by atoms with Crippen molar-refractivity contribution in [2.24, 2.45) is 29.1 Å². The van der Waals surface area contributed by atoms with Crippen LogP contribution in [0.3, 0.4) is 0 Å². The van der Waals surface area contributed by atoms with Gasteiger partial charge in [0, 0.05) is 29.9 Å². The highest BCUT2D eigenvalue weighted by atomic mass is 16.3. The van der Waals surface area contributed by atoms with Crippen molar-refractivity contribution in [3.63, 3.8) is 0 Å². The lowest BCUT2D eigenvalue weighted by atomic mass is 9.46. The molecule has 6 rings (SSSR count). The molecule has 1 heterocycles. The van der Waals surface area contributed by atoms with Crippen molar-refractivity contribution in [1.82, 2.24) is 4.57 Å². The molecule has 1 N–H and O–H groups in total. The summed E-state index contributed by atoms with van der Waals surface area (Å²) < 4.78 is 2.14. The van der Waals surface area contributed by atoms with Crippen molar-refractivity contribution >= 4 is 5.78 Å². The van der Waals surface area contributed by atoms with Gasteiger partial charge in [-0.1, -0.05) is 30.6 Å². The van der Waals surface area contributed by atoms with Gasteiger partial charge in [-0.2, -0.15) is 0 Å². The van der Waals surface area contributed by atoms with Crippen LogP contribution in [-0.4, -0.2) is 21.1 Å². The Bertz CT molecular complexity index is 1180. The van der Waals surface area contributed by atoms with Crippen LogP contribution in [0.4, 0.5) is 0 Å². The van der Waals surface area contributed by atoms with Crippen LogP contribution in [0.2, 0.25) is 0 Å². The molecule has 3 saturated carbocycles. The molecule has 0 saturated heterocycles. The van der Waals surface area contributed by atoms with Crippen molar-refractivity contribution in [3.8, 4) is 17.5 Å². The van der Waals surface area contributed by atoms with E-state index in [1.54, 1.807) is 0 Å². The molecule has 4 aliphatic rings. The fourth-order valence-electron chi connectivity index (χ4n) is 8.47. The molecule has 3 heteroatoms. The number of ketones is 1. The van der Waals surface area contributed by atoms with Crippen LogP contribution >= 0.6 is 0 Å². The zero-order valence-electron chi connectivity index (χ0n) is 20.3. The molecule has 4 aliphatic carbocycles. The molecule has 176 valence electrons. The van der Waals surface area contributed by atoms with E-state index in [4.69, 9.17) is 0 Å². The molecule has 0 radical (unpaired) electrons. The van der Waals surface area contributed by atoms with Crippen molar-refractivity contribution in [1.29, 1.82) is 0 Å². The molecule has 3 fully saturated rings. The maximum Gasteiger partial charge on any atom is 0.155 e. The van der Waals surface area contributed by atoms with Crippen LogP contribution in [0, 0.1) is 40.9 Å². The summed E-state index contributed by atoms with van der Waals surface area (Å²) >= 11 is 0. The predicted molar refractivity (Wildman–Crippen MR) is 134 cm³/mol. The lowest BCUT2D eigenvalue weighted by Crippen LogP contribution is -2.54. The van der Waals surface area contributed by atoms with E-state index < -0.39 is 5.60 Å². The summed E-state index contributed by atoms with van der Waals surface area (Å²) in [6, 6.07) is 13.2. The minimum absolute atomic E-state index is 0.202. The van der Waals surface area contributed by atoms with Gasteiger partial charge in [0.15, 0.2) is 5.78 Å². The second kappa shape index (κ2) is 7.99. The number of fused-ring (bicyclic) bond motifs is 5. The monoisotopic (exact) mass is 453 g/mol.